The zero-order valence-corrected chi connectivity index (χ0v) is 9.97. The number of amides is 1. The van der Waals surface area contributed by atoms with E-state index >= 15 is 0 Å². The van der Waals surface area contributed by atoms with E-state index in [0.717, 1.165) is 5.56 Å². The van der Waals surface area contributed by atoms with E-state index in [2.05, 4.69) is 10.4 Å². The van der Waals surface area contributed by atoms with Crippen molar-refractivity contribution in [2.24, 2.45) is 5.11 Å². The van der Waals surface area contributed by atoms with Gasteiger partial charge in [-0.25, -0.2) is 5.53 Å². The molecule has 0 unspecified atom stereocenters. The summed E-state index contributed by atoms with van der Waals surface area (Å²) in [7, 11) is 0. The maximum absolute atomic E-state index is 12.0. The van der Waals surface area contributed by atoms with Gasteiger partial charge in [0.25, 0.3) is 5.91 Å². The van der Waals surface area contributed by atoms with Gasteiger partial charge in [0.2, 0.25) is 0 Å². The Morgan fingerprint density at radius 2 is 1.94 bits per heavy atom. The van der Waals surface area contributed by atoms with Gasteiger partial charge in [-0.05, 0) is 31.2 Å². The second kappa shape index (κ2) is 5.23. The number of aryl methyl sites for hydroxylation is 1. The lowest BCUT2D eigenvalue weighted by Gasteiger charge is -2.07. The molecule has 0 atom stereocenters. The molecular weight excluding hydrogens is 226 g/mol. The topological polar surface area (TPSA) is 65.3 Å². The van der Waals surface area contributed by atoms with Crippen LogP contribution in [0.2, 0.25) is 0 Å². The predicted molar refractivity (Wildman–Crippen MR) is 70.4 cm³/mol. The van der Waals surface area contributed by atoms with Crippen LogP contribution in [0.25, 0.3) is 0 Å². The van der Waals surface area contributed by atoms with E-state index < -0.39 is 0 Å². The van der Waals surface area contributed by atoms with Crippen LogP contribution in [0.15, 0.2) is 53.6 Å². The number of nitrogens with zero attached hydrogens (tertiary/aromatic N) is 1. The molecule has 1 amide bonds. The van der Waals surface area contributed by atoms with Crippen LogP contribution in [0.1, 0.15) is 15.9 Å². The van der Waals surface area contributed by atoms with Gasteiger partial charge in [-0.15, -0.1) is 0 Å². The maximum atomic E-state index is 12.0. The number of carbonyl (C=O) groups excluding carboxylic acids is 1. The fraction of sp³-hybridized carbons (Fsp3) is 0.0714. The molecule has 0 aliphatic carbocycles. The molecule has 0 aromatic heterocycles. The van der Waals surface area contributed by atoms with Gasteiger partial charge in [0.05, 0.1) is 5.69 Å². The summed E-state index contributed by atoms with van der Waals surface area (Å²) in [6.07, 6.45) is 0. The molecule has 0 bridgehead atoms. The maximum Gasteiger partial charge on any atom is 0.255 e. The fourth-order valence-electron chi connectivity index (χ4n) is 1.66. The van der Waals surface area contributed by atoms with Gasteiger partial charge in [-0.3, -0.25) is 4.79 Å². The molecule has 4 heteroatoms. The number of rotatable bonds is 3. The number of hydrogen-bond acceptors (Lipinski definition) is 3. The number of hydrogen-bond donors (Lipinski definition) is 2. The highest BCUT2D eigenvalue weighted by molar-refractivity contribution is 6.05. The van der Waals surface area contributed by atoms with Gasteiger partial charge in [-0.1, -0.05) is 29.8 Å². The van der Waals surface area contributed by atoms with E-state index in [1.807, 2.05) is 25.1 Å². The highest BCUT2D eigenvalue weighted by Crippen LogP contribution is 2.24. The van der Waals surface area contributed by atoms with E-state index in [1.165, 1.54) is 0 Å². The molecule has 2 aromatic carbocycles. The molecule has 90 valence electrons. The van der Waals surface area contributed by atoms with Crippen LogP contribution in [-0.2, 0) is 0 Å². The standard InChI is InChI=1S/C14H13N3O/c1-10-5-4-6-11(9-10)14(18)16-12-7-2-3-8-13(12)17-15/h2-9,15H,1H3,(H,16,18). The highest BCUT2D eigenvalue weighted by Gasteiger charge is 2.08. The van der Waals surface area contributed by atoms with Gasteiger partial charge in [0.15, 0.2) is 0 Å². The monoisotopic (exact) mass is 239 g/mol. The Bertz CT molecular complexity index is 593. The minimum atomic E-state index is -0.199. The average molecular weight is 239 g/mol. The number of carbonyl (C=O) groups is 1. The number of para-hydroxylation sites is 2. The summed E-state index contributed by atoms with van der Waals surface area (Å²) in [5, 5.41) is 6.12. The predicted octanol–water partition coefficient (Wildman–Crippen LogP) is 3.91. The largest absolute Gasteiger partial charge is 0.320 e. The average Bonchev–Trinajstić information content (AvgIpc) is 2.39. The van der Waals surface area contributed by atoms with Gasteiger partial charge >= 0.3 is 0 Å². The van der Waals surface area contributed by atoms with Crippen molar-refractivity contribution >= 4 is 17.3 Å². The number of nitrogens with one attached hydrogen (secondary N) is 2. The lowest BCUT2D eigenvalue weighted by Crippen LogP contribution is -2.11. The van der Waals surface area contributed by atoms with Crippen molar-refractivity contribution in [1.29, 1.82) is 5.53 Å². The zero-order valence-electron chi connectivity index (χ0n) is 9.97. The van der Waals surface area contributed by atoms with E-state index in [-0.39, 0.29) is 5.91 Å². The van der Waals surface area contributed by atoms with E-state index in [9.17, 15) is 4.79 Å². The van der Waals surface area contributed by atoms with Crippen LogP contribution in [0.3, 0.4) is 0 Å². The second-order valence-corrected chi connectivity index (χ2v) is 3.95. The first-order valence-corrected chi connectivity index (χ1v) is 5.55. The third-order valence-corrected chi connectivity index (χ3v) is 2.55. The van der Waals surface area contributed by atoms with Crippen molar-refractivity contribution in [3.8, 4) is 0 Å². The molecule has 2 aromatic rings. The molecule has 0 aliphatic heterocycles. The van der Waals surface area contributed by atoms with Gasteiger partial charge in [0.1, 0.15) is 5.69 Å². The van der Waals surface area contributed by atoms with Crippen LogP contribution in [0.5, 0.6) is 0 Å². The Balaban J connectivity index is 2.24. The molecule has 0 radical (unpaired) electrons. The molecule has 0 fully saturated rings. The molecular formula is C14H13N3O. The quantitative estimate of drug-likeness (QED) is 0.783. The molecule has 0 saturated carbocycles. The van der Waals surface area contributed by atoms with Crippen LogP contribution in [-0.4, -0.2) is 5.91 Å². The minimum Gasteiger partial charge on any atom is -0.320 e. The van der Waals surface area contributed by atoms with Crippen molar-refractivity contribution in [3.05, 3.63) is 59.7 Å². The first-order chi connectivity index (χ1) is 8.70. The van der Waals surface area contributed by atoms with E-state index in [1.54, 1.807) is 30.3 Å². The summed E-state index contributed by atoms with van der Waals surface area (Å²) < 4.78 is 0. The first-order valence-electron chi connectivity index (χ1n) is 5.55. The minimum absolute atomic E-state index is 0.199. The van der Waals surface area contributed by atoms with Gasteiger partial charge in [-0.2, -0.15) is 5.11 Å². The van der Waals surface area contributed by atoms with E-state index in [4.69, 9.17) is 5.53 Å². The van der Waals surface area contributed by atoms with Crippen LogP contribution in [0, 0.1) is 12.5 Å². The smallest absolute Gasteiger partial charge is 0.255 e. The normalized spacial score (nSPS) is 9.83. The molecule has 0 heterocycles. The van der Waals surface area contributed by atoms with Crippen LogP contribution in [0.4, 0.5) is 11.4 Å². The van der Waals surface area contributed by atoms with Gasteiger partial charge in [0, 0.05) is 5.56 Å². The Hall–Kier alpha value is -2.49. The molecule has 2 rings (SSSR count). The molecule has 2 N–H and O–H groups in total. The summed E-state index contributed by atoms with van der Waals surface area (Å²) in [6, 6.07) is 14.3. The SMILES string of the molecule is Cc1cccc(C(=O)Nc2ccccc2N=N)c1. The van der Waals surface area contributed by atoms with Crippen molar-refractivity contribution in [1.82, 2.24) is 0 Å². The lowest BCUT2D eigenvalue weighted by atomic mass is 10.1. The van der Waals surface area contributed by atoms with Crippen molar-refractivity contribution in [2.45, 2.75) is 6.92 Å². The second-order valence-electron chi connectivity index (χ2n) is 3.95. The van der Waals surface area contributed by atoms with Crippen LogP contribution >= 0.6 is 0 Å². The molecule has 0 spiro atoms. The number of benzene rings is 2. The zero-order chi connectivity index (χ0) is 13.0. The van der Waals surface area contributed by atoms with Crippen molar-refractivity contribution < 1.29 is 4.79 Å². The fourth-order valence-corrected chi connectivity index (χ4v) is 1.66. The Kier molecular flexibility index (Phi) is 3.48. The third kappa shape index (κ3) is 2.60. The summed E-state index contributed by atoms with van der Waals surface area (Å²) >= 11 is 0. The molecule has 0 saturated heterocycles. The van der Waals surface area contributed by atoms with Gasteiger partial charge < -0.3 is 5.32 Å². The highest BCUT2D eigenvalue weighted by atomic mass is 16.1. The number of anilines is 1. The summed E-state index contributed by atoms with van der Waals surface area (Å²) in [5.74, 6) is -0.199. The van der Waals surface area contributed by atoms with Crippen LogP contribution < -0.4 is 5.32 Å². The summed E-state index contributed by atoms with van der Waals surface area (Å²) in [6.45, 7) is 1.93. The Morgan fingerprint density at radius 3 is 2.67 bits per heavy atom. The molecule has 4 nitrogen and oxygen atoms in total. The molecule has 18 heavy (non-hydrogen) atoms. The lowest BCUT2D eigenvalue weighted by molar-refractivity contribution is 0.102. The first kappa shape index (κ1) is 12.0. The third-order valence-electron chi connectivity index (χ3n) is 2.55. The summed E-state index contributed by atoms with van der Waals surface area (Å²) in [4.78, 5) is 12.0. The molecule has 0 aliphatic rings. The Morgan fingerprint density at radius 1 is 1.17 bits per heavy atom. The Labute approximate surface area is 105 Å². The van der Waals surface area contributed by atoms with E-state index in [0.29, 0.717) is 16.9 Å². The summed E-state index contributed by atoms with van der Waals surface area (Å²) in [5.41, 5.74) is 9.65. The van der Waals surface area contributed by atoms with Crippen molar-refractivity contribution in [2.75, 3.05) is 5.32 Å². The van der Waals surface area contributed by atoms with Crippen molar-refractivity contribution in [3.63, 3.8) is 0 Å².